The van der Waals surface area contributed by atoms with E-state index in [0.29, 0.717) is 11.8 Å². The summed E-state index contributed by atoms with van der Waals surface area (Å²) in [5.74, 6) is 0.724. The minimum absolute atomic E-state index is 0.352. The highest BCUT2D eigenvalue weighted by Crippen LogP contribution is 2.28. The lowest BCUT2D eigenvalue weighted by Crippen LogP contribution is -2.07. The van der Waals surface area contributed by atoms with Crippen LogP contribution in [0.25, 0.3) is 0 Å². The number of aryl methyl sites for hydroxylation is 1. The molecule has 0 N–H and O–H groups in total. The van der Waals surface area contributed by atoms with Crippen molar-refractivity contribution in [3.8, 4) is 6.07 Å². The first kappa shape index (κ1) is 12.7. The zero-order valence-electron chi connectivity index (χ0n) is 10.8. The van der Waals surface area contributed by atoms with Crippen molar-refractivity contribution in [3.63, 3.8) is 0 Å². The highest BCUT2D eigenvalue weighted by atomic mass is 14.7. The van der Waals surface area contributed by atoms with E-state index < -0.39 is 0 Å². The quantitative estimate of drug-likeness (QED) is 0.771. The Labute approximate surface area is 98.3 Å². The van der Waals surface area contributed by atoms with Crippen molar-refractivity contribution < 1.29 is 0 Å². The summed E-state index contributed by atoms with van der Waals surface area (Å²) in [5, 5.41) is 9.22. The van der Waals surface area contributed by atoms with Gasteiger partial charge in [0.25, 0.3) is 0 Å². The Morgan fingerprint density at radius 3 is 2.25 bits per heavy atom. The normalized spacial score (nSPS) is 10.9. The average molecular weight is 216 g/mol. The Bertz CT molecular complexity index is 411. The van der Waals surface area contributed by atoms with E-state index in [1.54, 1.807) is 0 Å². The molecule has 0 spiro atoms. The first-order valence-electron chi connectivity index (χ1n) is 5.95. The number of pyridine rings is 1. The minimum Gasteiger partial charge on any atom is -0.257 e. The molecule has 0 unspecified atom stereocenters. The van der Waals surface area contributed by atoms with Gasteiger partial charge >= 0.3 is 0 Å². The topological polar surface area (TPSA) is 36.7 Å². The second-order valence-electron chi connectivity index (χ2n) is 4.73. The van der Waals surface area contributed by atoms with Crippen LogP contribution in [0.3, 0.4) is 0 Å². The molecular weight excluding hydrogens is 196 g/mol. The molecule has 0 aliphatic rings. The molecule has 0 aliphatic carbocycles. The van der Waals surface area contributed by atoms with Gasteiger partial charge in [-0.15, -0.1) is 0 Å². The molecule has 1 heterocycles. The van der Waals surface area contributed by atoms with Crippen molar-refractivity contribution in [2.45, 2.75) is 52.9 Å². The molecule has 0 aromatic carbocycles. The molecular formula is C14H20N2. The number of hydrogen-bond acceptors (Lipinski definition) is 2. The molecule has 0 saturated carbocycles. The second-order valence-corrected chi connectivity index (χ2v) is 4.73. The number of nitrogens with zero attached hydrogens (tertiary/aromatic N) is 2. The maximum absolute atomic E-state index is 9.22. The van der Waals surface area contributed by atoms with Crippen LogP contribution in [-0.4, -0.2) is 4.98 Å². The second kappa shape index (κ2) is 5.12. The smallest absolute Gasteiger partial charge is 0.0995 e. The molecule has 0 bridgehead atoms. The summed E-state index contributed by atoms with van der Waals surface area (Å²) < 4.78 is 0. The first-order chi connectivity index (χ1) is 7.51. The minimum atomic E-state index is 0.352. The summed E-state index contributed by atoms with van der Waals surface area (Å²) >= 11 is 0. The van der Waals surface area contributed by atoms with E-state index >= 15 is 0 Å². The van der Waals surface area contributed by atoms with Gasteiger partial charge in [0.1, 0.15) is 0 Å². The summed E-state index contributed by atoms with van der Waals surface area (Å²) in [6.07, 6.45) is 0.882. The van der Waals surface area contributed by atoms with Crippen molar-refractivity contribution >= 4 is 0 Å². The van der Waals surface area contributed by atoms with Gasteiger partial charge in [0, 0.05) is 11.4 Å². The number of hydrogen-bond donors (Lipinski definition) is 0. The maximum atomic E-state index is 9.22. The van der Waals surface area contributed by atoms with Gasteiger partial charge in [-0.3, -0.25) is 4.98 Å². The van der Waals surface area contributed by atoms with Crippen molar-refractivity contribution in [1.82, 2.24) is 4.98 Å². The Balaban J connectivity index is 3.49. The van der Waals surface area contributed by atoms with Crippen molar-refractivity contribution in [2.24, 2.45) is 0 Å². The molecule has 1 aromatic heterocycles. The molecule has 0 radical (unpaired) electrons. The van der Waals surface area contributed by atoms with Crippen LogP contribution < -0.4 is 0 Å². The van der Waals surface area contributed by atoms with E-state index in [1.165, 1.54) is 0 Å². The summed E-state index contributed by atoms with van der Waals surface area (Å²) in [4.78, 5) is 4.67. The van der Waals surface area contributed by atoms with Gasteiger partial charge in [-0.25, -0.2) is 0 Å². The van der Waals surface area contributed by atoms with Crippen LogP contribution >= 0.6 is 0 Å². The number of aromatic nitrogens is 1. The lowest BCUT2D eigenvalue weighted by atomic mass is 9.91. The fraction of sp³-hybridized carbons (Fsp3) is 0.571. The third kappa shape index (κ3) is 2.41. The lowest BCUT2D eigenvalue weighted by molar-refractivity contribution is 0.744. The zero-order valence-corrected chi connectivity index (χ0v) is 10.8. The van der Waals surface area contributed by atoms with E-state index in [2.05, 4.69) is 45.7 Å². The summed E-state index contributed by atoms with van der Waals surface area (Å²) in [6.45, 7) is 10.6. The monoisotopic (exact) mass is 216 g/mol. The first-order valence-corrected chi connectivity index (χ1v) is 5.95. The van der Waals surface area contributed by atoms with Crippen LogP contribution in [0.2, 0.25) is 0 Å². The van der Waals surface area contributed by atoms with Crippen LogP contribution in [0.5, 0.6) is 0 Å². The van der Waals surface area contributed by atoms with E-state index in [0.717, 1.165) is 28.9 Å². The van der Waals surface area contributed by atoms with Crippen LogP contribution in [0.4, 0.5) is 0 Å². The van der Waals surface area contributed by atoms with Crippen molar-refractivity contribution in [3.05, 3.63) is 28.6 Å². The van der Waals surface area contributed by atoms with Crippen molar-refractivity contribution in [2.75, 3.05) is 0 Å². The van der Waals surface area contributed by atoms with E-state index in [1.807, 2.05) is 6.07 Å². The summed E-state index contributed by atoms with van der Waals surface area (Å²) in [6, 6.07) is 4.24. The third-order valence-corrected chi connectivity index (χ3v) is 2.75. The molecule has 16 heavy (non-hydrogen) atoms. The van der Waals surface area contributed by atoms with Crippen LogP contribution in [-0.2, 0) is 6.42 Å². The maximum Gasteiger partial charge on any atom is 0.0995 e. The number of rotatable bonds is 3. The Morgan fingerprint density at radius 1 is 1.25 bits per heavy atom. The Morgan fingerprint density at radius 2 is 1.88 bits per heavy atom. The molecule has 1 aromatic rings. The molecule has 0 saturated heterocycles. The standard InChI is InChI=1S/C14H20N2/c1-6-12-7-11(8-15)13(9(2)3)14(16-12)10(4)5/h7,9-10H,6H2,1-5H3. The predicted molar refractivity (Wildman–Crippen MR) is 66.5 cm³/mol. The molecule has 0 fully saturated rings. The third-order valence-electron chi connectivity index (χ3n) is 2.75. The molecule has 0 amide bonds. The van der Waals surface area contributed by atoms with Gasteiger partial charge in [0.15, 0.2) is 0 Å². The highest BCUT2D eigenvalue weighted by molar-refractivity contribution is 5.44. The fourth-order valence-electron chi connectivity index (χ4n) is 1.95. The zero-order chi connectivity index (χ0) is 12.3. The van der Waals surface area contributed by atoms with Crippen LogP contribution in [0.1, 0.15) is 69.0 Å². The van der Waals surface area contributed by atoms with Crippen molar-refractivity contribution in [1.29, 1.82) is 5.26 Å². The molecule has 2 heteroatoms. The molecule has 2 nitrogen and oxygen atoms in total. The lowest BCUT2D eigenvalue weighted by Gasteiger charge is -2.17. The van der Waals surface area contributed by atoms with Gasteiger partial charge < -0.3 is 0 Å². The molecule has 86 valence electrons. The number of nitriles is 1. The van der Waals surface area contributed by atoms with E-state index in [4.69, 9.17) is 0 Å². The molecule has 0 atom stereocenters. The summed E-state index contributed by atoms with van der Waals surface area (Å²) in [7, 11) is 0. The van der Waals surface area contributed by atoms with Crippen LogP contribution in [0.15, 0.2) is 6.07 Å². The van der Waals surface area contributed by atoms with Gasteiger partial charge in [-0.2, -0.15) is 5.26 Å². The van der Waals surface area contributed by atoms with E-state index in [-0.39, 0.29) is 0 Å². The predicted octanol–water partition coefficient (Wildman–Crippen LogP) is 3.76. The summed E-state index contributed by atoms with van der Waals surface area (Å²) in [5.41, 5.74) is 4.02. The fourth-order valence-corrected chi connectivity index (χ4v) is 1.95. The van der Waals surface area contributed by atoms with Gasteiger partial charge in [0.2, 0.25) is 0 Å². The highest BCUT2D eigenvalue weighted by Gasteiger charge is 2.17. The average Bonchev–Trinajstić information content (AvgIpc) is 2.26. The SMILES string of the molecule is CCc1cc(C#N)c(C(C)C)c(C(C)C)n1. The van der Waals surface area contributed by atoms with Gasteiger partial charge in [-0.1, -0.05) is 34.6 Å². The van der Waals surface area contributed by atoms with Gasteiger partial charge in [0.05, 0.1) is 11.6 Å². The van der Waals surface area contributed by atoms with E-state index in [9.17, 15) is 5.26 Å². The largest absolute Gasteiger partial charge is 0.257 e. The molecule has 1 rings (SSSR count). The van der Waals surface area contributed by atoms with Gasteiger partial charge in [-0.05, 0) is 29.9 Å². The Hall–Kier alpha value is -1.36. The van der Waals surface area contributed by atoms with Crippen LogP contribution in [0, 0.1) is 11.3 Å². The Kier molecular flexibility index (Phi) is 4.06. The molecule has 0 aliphatic heterocycles.